The smallest absolute Gasteiger partial charge is 0.251 e. The first-order valence-electron chi connectivity index (χ1n) is 6.32. The number of hydrogen-bond acceptors (Lipinski definition) is 2. The Morgan fingerprint density at radius 1 is 1.05 bits per heavy atom. The Kier molecular flexibility index (Phi) is 4.14. The maximum atomic E-state index is 12.3. The second-order valence-corrected chi connectivity index (χ2v) is 6.12. The van der Waals surface area contributed by atoms with E-state index in [1.165, 1.54) is 0 Å². The summed E-state index contributed by atoms with van der Waals surface area (Å²) in [5, 5.41) is 3.03. The quantitative estimate of drug-likeness (QED) is 0.842. The Labute approximate surface area is 127 Å². The van der Waals surface area contributed by atoms with Crippen molar-refractivity contribution in [3.63, 3.8) is 0 Å². The number of amides is 1. The minimum absolute atomic E-state index is 0.113. The van der Waals surface area contributed by atoms with Gasteiger partial charge in [0.15, 0.2) is 0 Å². The number of nitrogens with one attached hydrogen (secondary N) is 1. The molecule has 0 fully saturated rings. The third-order valence-electron chi connectivity index (χ3n) is 3.16. The molecule has 0 aliphatic rings. The number of halogens is 1. The zero-order valence-electron chi connectivity index (χ0n) is 11.5. The van der Waals surface area contributed by atoms with Crippen molar-refractivity contribution in [2.45, 2.75) is 19.4 Å². The molecule has 0 aliphatic heterocycles. The number of rotatable bonds is 3. The third-order valence-corrected chi connectivity index (χ3v) is 3.69. The van der Waals surface area contributed by atoms with Gasteiger partial charge in [0.05, 0.1) is 5.54 Å². The van der Waals surface area contributed by atoms with Crippen LogP contribution in [0.4, 0.5) is 5.69 Å². The van der Waals surface area contributed by atoms with E-state index in [2.05, 4.69) is 21.2 Å². The molecule has 2 aromatic carbocycles. The van der Waals surface area contributed by atoms with Crippen LogP contribution >= 0.6 is 15.9 Å². The fourth-order valence-corrected chi connectivity index (χ4v) is 2.19. The first-order valence-corrected chi connectivity index (χ1v) is 7.12. The van der Waals surface area contributed by atoms with E-state index in [1.807, 2.05) is 38.1 Å². The SMILES string of the molecule is CC(C)(NC(=O)c1ccc(N)cc1)c1ccc(Br)cc1. The molecule has 2 aromatic rings. The Hall–Kier alpha value is -1.81. The highest BCUT2D eigenvalue weighted by Crippen LogP contribution is 2.22. The van der Waals surface area contributed by atoms with E-state index in [0.29, 0.717) is 11.3 Å². The second-order valence-electron chi connectivity index (χ2n) is 5.21. The van der Waals surface area contributed by atoms with Crippen molar-refractivity contribution in [2.24, 2.45) is 0 Å². The van der Waals surface area contributed by atoms with Gasteiger partial charge in [0.2, 0.25) is 0 Å². The Balaban J connectivity index is 2.17. The fourth-order valence-electron chi connectivity index (χ4n) is 1.93. The van der Waals surface area contributed by atoms with E-state index in [9.17, 15) is 4.79 Å². The number of nitrogen functional groups attached to an aromatic ring is 1. The van der Waals surface area contributed by atoms with Crippen molar-refractivity contribution in [1.82, 2.24) is 5.32 Å². The molecule has 0 aliphatic carbocycles. The molecule has 0 aromatic heterocycles. The number of nitrogens with two attached hydrogens (primary N) is 1. The van der Waals surface area contributed by atoms with E-state index in [4.69, 9.17) is 5.73 Å². The number of benzene rings is 2. The highest BCUT2D eigenvalue weighted by atomic mass is 79.9. The van der Waals surface area contributed by atoms with Crippen LogP contribution in [0.2, 0.25) is 0 Å². The summed E-state index contributed by atoms with van der Waals surface area (Å²) in [7, 11) is 0. The molecule has 4 heteroatoms. The monoisotopic (exact) mass is 332 g/mol. The van der Waals surface area contributed by atoms with Crippen LogP contribution in [0.1, 0.15) is 29.8 Å². The summed E-state index contributed by atoms with van der Waals surface area (Å²) in [6, 6.07) is 14.8. The van der Waals surface area contributed by atoms with Gasteiger partial charge in [0.25, 0.3) is 5.91 Å². The molecule has 0 atom stereocenters. The van der Waals surface area contributed by atoms with E-state index in [0.717, 1.165) is 10.0 Å². The number of anilines is 1. The van der Waals surface area contributed by atoms with Gasteiger partial charge in [-0.05, 0) is 55.8 Å². The molecule has 0 bridgehead atoms. The molecule has 1 amide bonds. The molecule has 0 heterocycles. The van der Waals surface area contributed by atoms with Gasteiger partial charge in [0, 0.05) is 15.7 Å². The minimum atomic E-state index is -0.445. The Bertz CT molecular complexity index is 603. The molecule has 0 spiro atoms. The van der Waals surface area contributed by atoms with Crippen LogP contribution < -0.4 is 11.1 Å². The van der Waals surface area contributed by atoms with Crippen molar-refractivity contribution in [2.75, 3.05) is 5.73 Å². The van der Waals surface area contributed by atoms with Gasteiger partial charge in [-0.3, -0.25) is 4.79 Å². The average Bonchev–Trinajstić information content (AvgIpc) is 2.39. The first kappa shape index (κ1) is 14.6. The Morgan fingerprint density at radius 2 is 1.60 bits per heavy atom. The van der Waals surface area contributed by atoms with Gasteiger partial charge >= 0.3 is 0 Å². The van der Waals surface area contributed by atoms with Crippen molar-refractivity contribution in [1.29, 1.82) is 0 Å². The lowest BCUT2D eigenvalue weighted by Crippen LogP contribution is -2.40. The lowest BCUT2D eigenvalue weighted by atomic mass is 9.94. The molecule has 0 radical (unpaired) electrons. The molecule has 3 N–H and O–H groups in total. The van der Waals surface area contributed by atoms with E-state index in [-0.39, 0.29) is 5.91 Å². The van der Waals surface area contributed by atoms with E-state index < -0.39 is 5.54 Å². The molecular formula is C16H17BrN2O. The van der Waals surface area contributed by atoms with Crippen molar-refractivity contribution in [3.05, 3.63) is 64.1 Å². The molecular weight excluding hydrogens is 316 g/mol. The first-order chi connectivity index (χ1) is 9.38. The third kappa shape index (κ3) is 3.39. The summed E-state index contributed by atoms with van der Waals surface area (Å²) in [5.74, 6) is -0.113. The topological polar surface area (TPSA) is 55.1 Å². The minimum Gasteiger partial charge on any atom is -0.399 e. The number of carbonyl (C=O) groups excluding carboxylic acids is 1. The van der Waals surface area contributed by atoms with E-state index >= 15 is 0 Å². The molecule has 2 rings (SSSR count). The predicted molar refractivity (Wildman–Crippen MR) is 85.5 cm³/mol. The average molecular weight is 333 g/mol. The zero-order valence-corrected chi connectivity index (χ0v) is 13.1. The maximum absolute atomic E-state index is 12.3. The van der Waals surface area contributed by atoms with Crippen LogP contribution in [-0.2, 0) is 5.54 Å². The Morgan fingerprint density at radius 3 is 2.15 bits per heavy atom. The fraction of sp³-hybridized carbons (Fsp3) is 0.188. The van der Waals surface area contributed by atoms with E-state index in [1.54, 1.807) is 24.3 Å². The van der Waals surface area contributed by atoms with Gasteiger partial charge in [-0.2, -0.15) is 0 Å². The lowest BCUT2D eigenvalue weighted by molar-refractivity contribution is 0.0912. The molecule has 3 nitrogen and oxygen atoms in total. The predicted octanol–water partition coefficient (Wildman–Crippen LogP) is 3.70. The molecule has 104 valence electrons. The van der Waals surface area contributed by atoms with Gasteiger partial charge < -0.3 is 11.1 Å². The van der Waals surface area contributed by atoms with Crippen LogP contribution in [-0.4, -0.2) is 5.91 Å². The summed E-state index contributed by atoms with van der Waals surface area (Å²) >= 11 is 3.41. The largest absolute Gasteiger partial charge is 0.399 e. The van der Waals surface area contributed by atoms with Gasteiger partial charge in [-0.1, -0.05) is 28.1 Å². The summed E-state index contributed by atoms with van der Waals surface area (Å²) in [4.78, 5) is 12.3. The summed E-state index contributed by atoms with van der Waals surface area (Å²) < 4.78 is 1.02. The molecule has 0 unspecified atom stereocenters. The lowest BCUT2D eigenvalue weighted by Gasteiger charge is -2.27. The summed E-state index contributed by atoms with van der Waals surface area (Å²) in [6.45, 7) is 3.96. The molecule has 0 saturated carbocycles. The second kappa shape index (κ2) is 5.67. The van der Waals surface area contributed by atoms with Gasteiger partial charge in [-0.15, -0.1) is 0 Å². The van der Waals surface area contributed by atoms with Crippen LogP contribution in [0.25, 0.3) is 0 Å². The maximum Gasteiger partial charge on any atom is 0.251 e. The molecule has 20 heavy (non-hydrogen) atoms. The van der Waals surface area contributed by atoms with Gasteiger partial charge in [-0.25, -0.2) is 0 Å². The highest BCUT2D eigenvalue weighted by molar-refractivity contribution is 9.10. The van der Waals surface area contributed by atoms with Crippen molar-refractivity contribution < 1.29 is 4.79 Å². The molecule has 0 saturated heterocycles. The normalized spacial score (nSPS) is 11.2. The van der Waals surface area contributed by atoms with Crippen molar-refractivity contribution in [3.8, 4) is 0 Å². The van der Waals surface area contributed by atoms with Crippen LogP contribution in [0.3, 0.4) is 0 Å². The van der Waals surface area contributed by atoms with Crippen molar-refractivity contribution >= 4 is 27.5 Å². The summed E-state index contributed by atoms with van der Waals surface area (Å²) in [6.07, 6.45) is 0. The van der Waals surface area contributed by atoms with Crippen LogP contribution in [0.15, 0.2) is 53.0 Å². The number of carbonyl (C=O) groups is 1. The standard InChI is InChI=1S/C16H17BrN2O/c1-16(2,12-5-7-13(17)8-6-12)19-15(20)11-3-9-14(18)10-4-11/h3-10H,18H2,1-2H3,(H,19,20). The zero-order chi connectivity index (χ0) is 14.8. The van der Waals surface area contributed by atoms with Crippen LogP contribution in [0, 0.1) is 0 Å². The number of hydrogen-bond donors (Lipinski definition) is 2. The van der Waals surface area contributed by atoms with Gasteiger partial charge in [0.1, 0.15) is 0 Å². The van der Waals surface area contributed by atoms with Crippen LogP contribution in [0.5, 0.6) is 0 Å². The highest BCUT2D eigenvalue weighted by Gasteiger charge is 2.23. The summed E-state index contributed by atoms with van der Waals surface area (Å²) in [5.41, 5.74) is 7.47.